The van der Waals surface area contributed by atoms with Crippen molar-refractivity contribution in [1.29, 1.82) is 0 Å². The van der Waals surface area contributed by atoms with Crippen LogP contribution >= 0.6 is 0 Å². The predicted molar refractivity (Wildman–Crippen MR) is 104 cm³/mol. The first-order valence-electron chi connectivity index (χ1n) is 10.4. The van der Waals surface area contributed by atoms with Crippen molar-refractivity contribution in [2.45, 2.75) is 79.4 Å². The maximum atomic E-state index is 13.0. The molecule has 0 unspecified atom stereocenters. The summed E-state index contributed by atoms with van der Waals surface area (Å²) in [5, 5.41) is 2.72. The summed E-state index contributed by atoms with van der Waals surface area (Å²) in [6.07, 6.45) is 2.99. The molecule has 0 aromatic carbocycles. The van der Waals surface area contributed by atoms with E-state index in [0.717, 1.165) is 36.8 Å². The average Bonchev–Trinajstić information content (AvgIpc) is 2.97. The van der Waals surface area contributed by atoms with Gasteiger partial charge in [-0.3, -0.25) is 4.79 Å². The Bertz CT molecular complexity index is 722. The number of hydrogen-bond donors (Lipinski definition) is 1. The van der Waals surface area contributed by atoms with Crippen molar-refractivity contribution in [1.82, 2.24) is 5.32 Å². The fraction of sp³-hybridized carbons (Fsp3) is 0.773. The SMILES string of the molecule is CC(=O)N[C@H](C(=O)O[C@H]1CCC(C)(C)[C@@H]2CCC3=C(COC3=O)[C@@]12C)C(C)C. The molecule has 4 atom stereocenters. The highest BCUT2D eigenvalue weighted by Crippen LogP contribution is 2.61. The number of esters is 2. The summed E-state index contributed by atoms with van der Waals surface area (Å²) in [6, 6.07) is -0.673. The van der Waals surface area contributed by atoms with Gasteiger partial charge in [0.2, 0.25) is 5.91 Å². The molecule has 0 saturated heterocycles. The molecule has 28 heavy (non-hydrogen) atoms. The molecule has 0 radical (unpaired) electrons. The van der Waals surface area contributed by atoms with Crippen LogP contribution in [0.2, 0.25) is 0 Å². The normalized spacial score (nSPS) is 32.3. The van der Waals surface area contributed by atoms with E-state index < -0.39 is 17.4 Å². The molecule has 1 N–H and O–H groups in total. The summed E-state index contributed by atoms with van der Waals surface area (Å²) in [5.74, 6) is -0.633. The molecule has 2 aliphatic carbocycles. The minimum Gasteiger partial charge on any atom is -0.460 e. The third-order valence-electron chi connectivity index (χ3n) is 7.22. The standard InChI is InChI=1S/C22H33NO5/c1-12(2)18(23-13(3)24)20(26)28-17-9-10-21(4,5)16-8-7-14-15(22(16,17)6)11-27-19(14)25/h12,16-18H,7-11H2,1-6H3,(H,23,24)/t16-,17-,18-,22+/m0/s1. The number of carbonyl (C=O) groups is 3. The molecular weight excluding hydrogens is 358 g/mol. The van der Waals surface area contributed by atoms with Gasteiger partial charge in [0.1, 0.15) is 18.8 Å². The summed E-state index contributed by atoms with van der Waals surface area (Å²) in [5.41, 5.74) is 1.46. The Balaban J connectivity index is 1.93. The molecule has 1 saturated carbocycles. The van der Waals surface area contributed by atoms with Crippen LogP contribution in [0.15, 0.2) is 11.1 Å². The first-order valence-corrected chi connectivity index (χ1v) is 10.4. The molecule has 156 valence electrons. The molecule has 0 spiro atoms. The second-order valence-electron chi connectivity index (χ2n) is 9.78. The molecule has 6 nitrogen and oxygen atoms in total. The zero-order chi connectivity index (χ0) is 20.9. The van der Waals surface area contributed by atoms with E-state index >= 15 is 0 Å². The van der Waals surface area contributed by atoms with E-state index in [1.54, 1.807) is 0 Å². The lowest BCUT2D eigenvalue weighted by Crippen LogP contribution is -2.56. The molecular formula is C22H33NO5. The third kappa shape index (κ3) is 3.35. The van der Waals surface area contributed by atoms with E-state index in [1.165, 1.54) is 6.92 Å². The van der Waals surface area contributed by atoms with Gasteiger partial charge in [-0.1, -0.05) is 34.6 Å². The molecule has 3 rings (SSSR count). The van der Waals surface area contributed by atoms with Crippen LogP contribution in [0.5, 0.6) is 0 Å². The maximum absolute atomic E-state index is 13.0. The Labute approximate surface area is 167 Å². The molecule has 1 fully saturated rings. The number of ether oxygens (including phenoxy) is 2. The monoisotopic (exact) mass is 391 g/mol. The van der Waals surface area contributed by atoms with Gasteiger partial charge in [0, 0.05) is 17.9 Å². The fourth-order valence-corrected chi connectivity index (χ4v) is 5.68. The quantitative estimate of drug-likeness (QED) is 0.745. The van der Waals surface area contributed by atoms with Gasteiger partial charge in [0.25, 0.3) is 0 Å². The van der Waals surface area contributed by atoms with Crippen LogP contribution in [0.3, 0.4) is 0 Å². The lowest BCUT2D eigenvalue weighted by molar-refractivity contribution is -0.172. The van der Waals surface area contributed by atoms with Gasteiger partial charge < -0.3 is 14.8 Å². The van der Waals surface area contributed by atoms with Crippen LogP contribution in [0.1, 0.15) is 67.2 Å². The van der Waals surface area contributed by atoms with Crippen molar-refractivity contribution in [2.75, 3.05) is 6.61 Å². The Morgan fingerprint density at radius 1 is 1.21 bits per heavy atom. The van der Waals surface area contributed by atoms with E-state index in [4.69, 9.17) is 9.47 Å². The Morgan fingerprint density at radius 2 is 1.89 bits per heavy atom. The van der Waals surface area contributed by atoms with Crippen LogP contribution in [-0.4, -0.2) is 36.6 Å². The number of amides is 1. The highest BCUT2D eigenvalue weighted by atomic mass is 16.6. The van der Waals surface area contributed by atoms with Crippen molar-refractivity contribution in [3.63, 3.8) is 0 Å². The van der Waals surface area contributed by atoms with E-state index in [0.29, 0.717) is 12.5 Å². The minimum absolute atomic E-state index is 0.0717. The minimum atomic E-state index is -0.673. The van der Waals surface area contributed by atoms with Gasteiger partial charge in [-0.2, -0.15) is 0 Å². The number of hydrogen-bond acceptors (Lipinski definition) is 5. The summed E-state index contributed by atoms with van der Waals surface area (Å²) in [7, 11) is 0. The zero-order valence-electron chi connectivity index (χ0n) is 17.9. The Morgan fingerprint density at radius 3 is 2.50 bits per heavy atom. The zero-order valence-corrected chi connectivity index (χ0v) is 17.9. The second kappa shape index (κ2) is 7.20. The van der Waals surface area contributed by atoms with Crippen molar-refractivity contribution < 1.29 is 23.9 Å². The number of fused-ring (bicyclic) bond motifs is 2. The lowest BCUT2D eigenvalue weighted by atomic mass is 9.49. The molecule has 3 aliphatic rings. The van der Waals surface area contributed by atoms with Crippen LogP contribution in [0, 0.1) is 22.7 Å². The number of carbonyl (C=O) groups excluding carboxylic acids is 3. The Hall–Kier alpha value is -1.85. The number of cyclic esters (lactones) is 1. The van der Waals surface area contributed by atoms with Crippen LogP contribution in [0.4, 0.5) is 0 Å². The average molecular weight is 392 g/mol. The third-order valence-corrected chi connectivity index (χ3v) is 7.22. The molecule has 6 heteroatoms. The van der Waals surface area contributed by atoms with Gasteiger partial charge >= 0.3 is 11.9 Å². The lowest BCUT2D eigenvalue weighted by Gasteiger charge is -2.56. The molecule has 0 bridgehead atoms. The molecule has 1 aliphatic heterocycles. The summed E-state index contributed by atoms with van der Waals surface area (Å²) < 4.78 is 11.4. The molecule has 0 aromatic heterocycles. The fourth-order valence-electron chi connectivity index (χ4n) is 5.68. The van der Waals surface area contributed by atoms with Gasteiger partial charge in [-0.05, 0) is 48.5 Å². The van der Waals surface area contributed by atoms with Crippen molar-refractivity contribution in [3.05, 3.63) is 11.1 Å². The van der Waals surface area contributed by atoms with Gasteiger partial charge in [-0.25, -0.2) is 9.59 Å². The Kier molecular flexibility index (Phi) is 5.36. The van der Waals surface area contributed by atoms with Crippen LogP contribution in [0.25, 0.3) is 0 Å². The van der Waals surface area contributed by atoms with E-state index in [1.807, 2.05) is 13.8 Å². The molecule has 1 heterocycles. The first-order chi connectivity index (χ1) is 13.0. The van der Waals surface area contributed by atoms with E-state index in [-0.39, 0.29) is 29.3 Å². The van der Waals surface area contributed by atoms with E-state index in [9.17, 15) is 14.4 Å². The van der Waals surface area contributed by atoms with Crippen molar-refractivity contribution in [3.8, 4) is 0 Å². The van der Waals surface area contributed by atoms with Crippen molar-refractivity contribution >= 4 is 17.8 Å². The smallest absolute Gasteiger partial charge is 0.334 e. The highest BCUT2D eigenvalue weighted by molar-refractivity contribution is 5.92. The van der Waals surface area contributed by atoms with E-state index in [2.05, 4.69) is 26.1 Å². The predicted octanol–water partition coefficient (Wildman–Crippen LogP) is 3.15. The summed E-state index contributed by atoms with van der Waals surface area (Å²) >= 11 is 0. The highest BCUT2D eigenvalue weighted by Gasteiger charge is 2.59. The largest absolute Gasteiger partial charge is 0.460 e. The van der Waals surface area contributed by atoms with Gasteiger partial charge in [-0.15, -0.1) is 0 Å². The summed E-state index contributed by atoms with van der Waals surface area (Å²) in [4.78, 5) is 36.7. The second-order valence-corrected chi connectivity index (χ2v) is 9.78. The van der Waals surface area contributed by atoms with Gasteiger partial charge in [0.05, 0.1) is 0 Å². The summed E-state index contributed by atoms with van der Waals surface area (Å²) in [6.45, 7) is 12.2. The maximum Gasteiger partial charge on any atom is 0.334 e. The first kappa shape index (κ1) is 20.9. The number of nitrogens with one attached hydrogen (secondary N) is 1. The number of rotatable bonds is 4. The van der Waals surface area contributed by atoms with Crippen molar-refractivity contribution in [2.24, 2.45) is 22.7 Å². The van der Waals surface area contributed by atoms with Crippen LogP contribution < -0.4 is 5.32 Å². The topological polar surface area (TPSA) is 81.7 Å². The molecule has 1 amide bonds. The van der Waals surface area contributed by atoms with Crippen LogP contribution in [-0.2, 0) is 23.9 Å². The molecule has 0 aromatic rings. The van der Waals surface area contributed by atoms with Gasteiger partial charge in [0.15, 0.2) is 0 Å².